The Labute approximate surface area is 109 Å². The van der Waals surface area contributed by atoms with Gasteiger partial charge in [0, 0.05) is 0 Å². The van der Waals surface area contributed by atoms with Gasteiger partial charge in [0.15, 0.2) is 0 Å². The minimum Gasteiger partial charge on any atom is -0.376 e. The number of ether oxygens (including phenoxy) is 1. The van der Waals surface area contributed by atoms with E-state index in [-0.39, 0.29) is 18.6 Å². The van der Waals surface area contributed by atoms with E-state index in [9.17, 15) is 4.79 Å². The van der Waals surface area contributed by atoms with E-state index in [1.165, 1.54) is 12.8 Å². The third-order valence-electron chi connectivity index (χ3n) is 4.61. The molecule has 4 N–H and O–H groups in total. The van der Waals surface area contributed by atoms with Gasteiger partial charge in [-0.25, -0.2) is 0 Å². The van der Waals surface area contributed by atoms with Gasteiger partial charge < -0.3 is 16.2 Å². The maximum absolute atomic E-state index is 11.5. The summed E-state index contributed by atoms with van der Waals surface area (Å²) in [6.07, 6.45) is 6.73. The molecule has 4 nitrogen and oxygen atoms in total. The average Bonchev–Trinajstić information content (AvgIpc) is 3.11. The van der Waals surface area contributed by atoms with Crippen molar-refractivity contribution in [2.45, 2.75) is 64.0 Å². The first kappa shape index (κ1) is 13.8. The van der Waals surface area contributed by atoms with E-state index in [0.717, 1.165) is 25.7 Å². The van der Waals surface area contributed by atoms with E-state index in [1.807, 2.05) is 0 Å². The Balaban J connectivity index is 1.82. The molecule has 0 radical (unpaired) electrons. The summed E-state index contributed by atoms with van der Waals surface area (Å²) < 4.78 is 5.88. The van der Waals surface area contributed by atoms with Gasteiger partial charge in [0.2, 0.25) is 5.91 Å². The second-order valence-corrected chi connectivity index (χ2v) is 6.85. The fraction of sp³-hybridized carbons (Fsp3) is 0.929. The van der Waals surface area contributed by atoms with Crippen LogP contribution in [0, 0.1) is 11.3 Å². The molecule has 2 aliphatic carbocycles. The molecule has 0 aliphatic heterocycles. The van der Waals surface area contributed by atoms with Gasteiger partial charge in [0.1, 0.15) is 5.54 Å². The van der Waals surface area contributed by atoms with Gasteiger partial charge in [0.05, 0.1) is 12.7 Å². The number of hydrogen-bond acceptors (Lipinski definition) is 3. The first-order valence-corrected chi connectivity index (χ1v) is 7.04. The van der Waals surface area contributed by atoms with Crippen LogP contribution in [0.4, 0.5) is 0 Å². The van der Waals surface area contributed by atoms with Crippen molar-refractivity contribution in [3.63, 3.8) is 0 Å². The van der Waals surface area contributed by atoms with E-state index in [1.54, 1.807) is 0 Å². The molecule has 1 unspecified atom stereocenters. The Morgan fingerprint density at radius 3 is 2.28 bits per heavy atom. The van der Waals surface area contributed by atoms with Gasteiger partial charge in [-0.1, -0.05) is 13.8 Å². The lowest BCUT2D eigenvalue weighted by atomic mass is 9.76. The third kappa shape index (κ3) is 3.04. The molecule has 2 saturated carbocycles. The Kier molecular flexibility index (Phi) is 3.70. The van der Waals surface area contributed by atoms with Gasteiger partial charge >= 0.3 is 0 Å². The second-order valence-electron chi connectivity index (χ2n) is 6.85. The highest BCUT2D eigenvalue weighted by atomic mass is 16.5. The van der Waals surface area contributed by atoms with Gasteiger partial charge in [-0.15, -0.1) is 0 Å². The Bertz CT molecular complexity index is 316. The zero-order chi connectivity index (χ0) is 13.4. The van der Waals surface area contributed by atoms with Crippen molar-refractivity contribution in [1.82, 2.24) is 0 Å². The van der Waals surface area contributed by atoms with E-state index >= 15 is 0 Å². The largest absolute Gasteiger partial charge is 0.376 e. The molecule has 2 fully saturated rings. The number of amides is 1. The second kappa shape index (κ2) is 4.82. The Morgan fingerprint density at radius 2 is 1.83 bits per heavy atom. The average molecular weight is 254 g/mol. The summed E-state index contributed by atoms with van der Waals surface area (Å²) in [4.78, 5) is 11.5. The molecule has 0 heterocycles. The van der Waals surface area contributed by atoms with Crippen molar-refractivity contribution >= 4 is 5.91 Å². The lowest BCUT2D eigenvalue weighted by molar-refractivity contribution is -0.128. The van der Waals surface area contributed by atoms with E-state index in [0.29, 0.717) is 5.41 Å². The smallest absolute Gasteiger partial charge is 0.240 e. The van der Waals surface area contributed by atoms with E-state index < -0.39 is 11.4 Å². The van der Waals surface area contributed by atoms with Crippen LogP contribution in [-0.4, -0.2) is 24.2 Å². The quantitative estimate of drug-likeness (QED) is 0.781. The fourth-order valence-corrected chi connectivity index (χ4v) is 2.78. The van der Waals surface area contributed by atoms with Gasteiger partial charge in [-0.05, 0) is 49.9 Å². The van der Waals surface area contributed by atoms with Crippen LogP contribution in [0.1, 0.15) is 52.4 Å². The molecule has 0 aromatic heterocycles. The standard InChI is InChI=1S/C14H26N2O2/c1-13(2)7-5-11(6-8-13)18-9-14(16,12(15)17)10-3-4-10/h10-11H,3-9,16H2,1-2H3,(H2,15,17). The summed E-state index contributed by atoms with van der Waals surface area (Å²) in [6.45, 7) is 4.88. The predicted molar refractivity (Wildman–Crippen MR) is 70.8 cm³/mol. The summed E-state index contributed by atoms with van der Waals surface area (Å²) in [5.41, 5.74) is 11.0. The molecule has 2 aliphatic rings. The van der Waals surface area contributed by atoms with Crippen molar-refractivity contribution < 1.29 is 9.53 Å². The highest BCUT2D eigenvalue weighted by Gasteiger charge is 2.47. The molecule has 18 heavy (non-hydrogen) atoms. The number of rotatable bonds is 5. The van der Waals surface area contributed by atoms with Crippen LogP contribution < -0.4 is 11.5 Å². The molecule has 0 saturated heterocycles. The molecule has 4 heteroatoms. The summed E-state index contributed by atoms with van der Waals surface area (Å²) in [6, 6.07) is 0. The maximum atomic E-state index is 11.5. The van der Waals surface area contributed by atoms with Crippen molar-refractivity contribution in [2.24, 2.45) is 22.8 Å². The van der Waals surface area contributed by atoms with Crippen molar-refractivity contribution in [1.29, 1.82) is 0 Å². The van der Waals surface area contributed by atoms with Crippen LogP contribution in [0.2, 0.25) is 0 Å². The summed E-state index contributed by atoms with van der Waals surface area (Å²) in [5, 5.41) is 0. The van der Waals surface area contributed by atoms with E-state index in [4.69, 9.17) is 16.2 Å². The topological polar surface area (TPSA) is 78.3 Å². The number of nitrogens with two attached hydrogens (primary N) is 2. The first-order valence-electron chi connectivity index (χ1n) is 7.04. The van der Waals surface area contributed by atoms with Crippen LogP contribution in [0.15, 0.2) is 0 Å². The molecule has 0 aromatic carbocycles. The normalized spacial score (nSPS) is 27.7. The minimum absolute atomic E-state index is 0.232. The lowest BCUT2D eigenvalue weighted by Crippen LogP contribution is -2.58. The number of carbonyl (C=O) groups is 1. The fourth-order valence-electron chi connectivity index (χ4n) is 2.78. The maximum Gasteiger partial charge on any atom is 0.240 e. The van der Waals surface area contributed by atoms with E-state index in [2.05, 4.69) is 13.8 Å². The molecule has 1 amide bonds. The third-order valence-corrected chi connectivity index (χ3v) is 4.61. The summed E-state index contributed by atoms with van der Waals surface area (Å²) in [7, 11) is 0. The van der Waals surface area contributed by atoms with Crippen molar-refractivity contribution in [2.75, 3.05) is 6.61 Å². The Morgan fingerprint density at radius 1 is 1.28 bits per heavy atom. The van der Waals surface area contributed by atoms with Gasteiger partial charge in [0.25, 0.3) is 0 Å². The molecule has 0 bridgehead atoms. The van der Waals surface area contributed by atoms with Crippen LogP contribution in [-0.2, 0) is 9.53 Å². The first-order chi connectivity index (χ1) is 8.33. The molecule has 1 atom stereocenters. The number of hydrogen-bond donors (Lipinski definition) is 2. The zero-order valence-electron chi connectivity index (χ0n) is 11.6. The van der Waals surface area contributed by atoms with Crippen LogP contribution >= 0.6 is 0 Å². The molecular weight excluding hydrogens is 228 g/mol. The van der Waals surface area contributed by atoms with Gasteiger partial charge in [-0.3, -0.25) is 4.79 Å². The Hall–Kier alpha value is -0.610. The van der Waals surface area contributed by atoms with Crippen molar-refractivity contribution in [3.8, 4) is 0 Å². The number of carbonyl (C=O) groups excluding carboxylic acids is 1. The highest BCUT2D eigenvalue weighted by Crippen LogP contribution is 2.40. The molecular formula is C14H26N2O2. The van der Waals surface area contributed by atoms with Crippen LogP contribution in [0.25, 0.3) is 0 Å². The lowest BCUT2D eigenvalue weighted by Gasteiger charge is -2.36. The minimum atomic E-state index is -0.938. The molecule has 104 valence electrons. The summed E-state index contributed by atoms with van der Waals surface area (Å²) >= 11 is 0. The zero-order valence-corrected chi connectivity index (χ0v) is 11.6. The summed E-state index contributed by atoms with van der Waals surface area (Å²) in [5.74, 6) is -0.184. The molecule has 0 aromatic rings. The number of primary amides is 1. The SMILES string of the molecule is CC1(C)CCC(OCC(N)(C(N)=O)C2CC2)CC1. The predicted octanol–water partition coefficient (Wildman–Crippen LogP) is 1.56. The van der Waals surface area contributed by atoms with Gasteiger partial charge in [-0.2, -0.15) is 0 Å². The molecule has 2 rings (SSSR count). The van der Waals surface area contributed by atoms with Crippen molar-refractivity contribution in [3.05, 3.63) is 0 Å². The highest BCUT2D eigenvalue weighted by molar-refractivity contribution is 5.85. The van der Waals surface area contributed by atoms with Crippen LogP contribution in [0.3, 0.4) is 0 Å². The van der Waals surface area contributed by atoms with Crippen LogP contribution in [0.5, 0.6) is 0 Å². The monoisotopic (exact) mass is 254 g/mol. The molecule has 0 spiro atoms.